The van der Waals surface area contributed by atoms with Gasteiger partial charge in [0.2, 0.25) is 5.91 Å². The number of aromatic nitrogens is 2. The normalized spacial score (nSPS) is 11.0. The molecule has 0 spiro atoms. The van der Waals surface area contributed by atoms with Gasteiger partial charge in [0, 0.05) is 35.5 Å². The Hall–Kier alpha value is -3.74. The van der Waals surface area contributed by atoms with Crippen LogP contribution in [0.3, 0.4) is 0 Å². The molecule has 3 aromatic rings. The molecule has 0 unspecified atom stereocenters. The van der Waals surface area contributed by atoms with Gasteiger partial charge in [0.25, 0.3) is 0 Å². The maximum atomic E-state index is 12.5. The molecule has 0 saturated heterocycles. The van der Waals surface area contributed by atoms with Crippen LogP contribution in [0.4, 0.5) is 0 Å². The smallest absolute Gasteiger partial charge is 0.244 e. The van der Waals surface area contributed by atoms with Gasteiger partial charge in [0.05, 0.1) is 33.6 Å². The van der Waals surface area contributed by atoms with Crippen LogP contribution in [0.2, 0.25) is 0 Å². The molecular formula is C26H31N3O4. The van der Waals surface area contributed by atoms with E-state index in [1.54, 1.807) is 33.5 Å². The van der Waals surface area contributed by atoms with Crippen LogP contribution < -0.4 is 19.5 Å². The van der Waals surface area contributed by atoms with Crippen molar-refractivity contribution < 1.29 is 19.0 Å². The molecule has 0 aliphatic heterocycles. The van der Waals surface area contributed by atoms with Crippen LogP contribution in [0.1, 0.15) is 33.6 Å². The molecule has 0 bridgehead atoms. The summed E-state index contributed by atoms with van der Waals surface area (Å²) in [6, 6.07) is 11.9. The number of carbonyl (C=O) groups is 1. The van der Waals surface area contributed by atoms with E-state index in [0.717, 1.165) is 22.5 Å². The zero-order valence-electron chi connectivity index (χ0n) is 20.1. The lowest BCUT2D eigenvalue weighted by Crippen LogP contribution is -2.20. The molecule has 0 aliphatic rings. The lowest BCUT2D eigenvalue weighted by molar-refractivity contribution is -0.116. The molecule has 0 fully saturated rings. The van der Waals surface area contributed by atoms with Gasteiger partial charge < -0.3 is 19.5 Å². The van der Waals surface area contributed by atoms with Gasteiger partial charge in [-0.2, -0.15) is 5.10 Å². The van der Waals surface area contributed by atoms with E-state index in [0.29, 0.717) is 23.8 Å². The molecule has 3 rings (SSSR count). The highest BCUT2D eigenvalue weighted by atomic mass is 16.5. The quantitative estimate of drug-likeness (QED) is 0.495. The third-order valence-corrected chi connectivity index (χ3v) is 5.53. The Kier molecular flexibility index (Phi) is 7.77. The summed E-state index contributed by atoms with van der Waals surface area (Å²) in [7, 11) is 4.71. The highest BCUT2D eigenvalue weighted by Gasteiger charge is 2.13. The number of benzene rings is 2. The Bertz CT molecular complexity index is 1150. The molecule has 1 aromatic heterocycles. The molecule has 0 saturated carbocycles. The van der Waals surface area contributed by atoms with Gasteiger partial charge in [-0.25, -0.2) is 0 Å². The number of carbonyl (C=O) groups excluding carboxylic acids is 1. The second-order valence-electron chi connectivity index (χ2n) is 7.80. The molecule has 1 heterocycles. The zero-order valence-corrected chi connectivity index (χ0v) is 20.1. The van der Waals surface area contributed by atoms with Crippen LogP contribution >= 0.6 is 0 Å². The first-order valence-corrected chi connectivity index (χ1v) is 10.7. The third-order valence-electron chi connectivity index (χ3n) is 5.53. The van der Waals surface area contributed by atoms with Crippen molar-refractivity contribution in [2.24, 2.45) is 0 Å². The number of nitrogens with zero attached hydrogens (tertiary/aromatic N) is 2. The van der Waals surface area contributed by atoms with E-state index >= 15 is 0 Å². The maximum Gasteiger partial charge on any atom is 0.244 e. The first-order valence-electron chi connectivity index (χ1n) is 10.7. The number of aryl methyl sites for hydroxylation is 2. The van der Waals surface area contributed by atoms with Gasteiger partial charge in [-0.3, -0.25) is 9.48 Å². The number of amides is 1. The minimum atomic E-state index is -0.211. The number of ether oxygens (including phenoxy) is 3. The van der Waals surface area contributed by atoms with Crippen LogP contribution in [-0.2, 0) is 17.9 Å². The van der Waals surface area contributed by atoms with Crippen molar-refractivity contribution >= 4 is 12.0 Å². The number of hydrogen-bond donors (Lipinski definition) is 1. The molecule has 33 heavy (non-hydrogen) atoms. The minimum Gasteiger partial charge on any atom is -0.496 e. The van der Waals surface area contributed by atoms with E-state index in [1.165, 1.54) is 17.2 Å². The number of hydrogen-bond acceptors (Lipinski definition) is 5. The van der Waals surface area contributed by atoms with Crippen LogP contribution in [0.25, 0.3) is 6.08 Å². The monoisotopic (exact) mass is 449 g/mol. The van der Waals surface area contributed by atoms with Crippen LogP contribution in [-0.4, -0.2) is 37.0 Å². The summed E-state index contributed by atoms with van der Waals surface area (Å²) in [5, 5.41) is 7.54. The Labute approximate surface area is 195 Å². The van der Waals surface area contributed by atoms with Crippen molar-refractivity contribution in [1.29, 1.82) is 0 Å². The molecule has 2 aromatic carbocycles. The SMILES string of the molecule is COc1cc(OC)c(OC)cc1CNC(=O)/C=C/c1c(C)nn(Cc2ccc(C)cc2)c1C. The maximum absolute atomic E-state index is 12.5. The largest absolute Gasteiger partial charge is 0.496 e. The Balaban J connectivity index is 1.69. The van der Waals surface area contributed by atoms with Gasteiger partial charge in [0.15, 0.2) is 11.5 Å². The standard InChI is InChI=1S/C26H31N3O4/c1-17-7-9-20(10-8-17)16-29-19(3)22(18(2)28-29)11-12-26(30)27-15-21-13-24(32-5)25(33-6)14-23(21)31-4/h7-14H,15-16H2,1-6H3,(H,27,30)/b12-11+. The molecule has 7 nitrogen and oxygen atoms in total. The van der Waals surface area contributed by atoms with Gasteiger partial charge in [-0.05, 0) is 38.5 Å². The fourth-order valence-electron chi connectivity index (χ4n) is 3.60. The first-order chi connectivity index (χ1) is 15.9. The van der Waals surface area contributed by atoms with E-state index < -0.39 is 0 Å². The molecule has 1 N–H and O–H groups in total. The van der Waals surface area contributed by atoms with Gasteiger partial charge in [-0.1, -0.05) is 29.8 Å². The van der Waals surface area contributed by atoms with Crippen molar-refractivity contribution in [2.45, 2.75) is 33.9 Å². The molecule has 0 aliphatic carbocycles. The lowest BCUT2D eigenvalue weighted by atomic mass is 10.1. The molecule has 1 amide bonds. The van der Waals surface area contributed by atoms with E-state index in [9.17, 15) is 4.79 Å². The van der Waals surface area contributed by atoms with E-state index in [4.69, 9.17) is 14.2 Å². The second-order valence-corrected chi connectivity index (χ2v) is 7.80. The average molecular weight is 450 g/mol. The van der Waals surface area contributed by atoms with Crippen molar-refractivity contribution in [3.8, 4) is 17.2 Å². The summed E-state index contributed by atoms with van der Waals surface area (Å²) in [5.74, 6) is 1.54. The Morgan fingerprint density at radius 1 is 0.970 bits per heavy atom. The molecular weight excluding hydrogens is 418 g/mol. The Morgan fingerprint density at radius 2 is 1.61 bits per heavy atom. The van der Waals surface area contributed by atoms with Gasteiger partial charge >= 0.3 is 0 Å². The summed E-state index contributed by atoms with van der Waals surface area (Å²) in [6.07, 6.45) is 3.34. The third kappa shape index (κ3) is 5.74. The van der Waals surface area contributed by atoms with E-state index in [1.807, 2.05) is 24.6 Å². The van der Waals surface area contributed by atoms with Gasteiger partial charge in [-0.15, -0.1) is 0 Å². The highest BCUT2D eigenvalue weighted by Crippen LogP contribution is 2.34. The lowest BCUT2D eigenvalue weighted by Gasteiger charge is -2.14. The average Bonchev–Trinajstić information content (AvgIpc) is 3.08. The van der Waals surface area contributed by atoms with Crippen molar-refractivity contribution in [2.75, 3.05) is 21.3 Å². The fourth-order valence-corrected chi connectivity index (χ4v) is 3.60. The first kappa shape index (κ1) is 23.9. The molecule has 0 radical (unpaired) electrons. The fraction of sp³-hybridized carbons (Fsp3) is 0.308. The summed E-state index contributed by atoms with van der Waals surface area (Å²) in [5.41, 5.74) is 6.04. The molecule has 0 atom stereocenters. The molecule has 7 heteroatoms. The minimum absolute atomic E-state index is 0.211. The summed E-state index contributed by atoms with van der Waals surface area (Å²) in [4.78, 5) is 12.5. The molecule has 174 valence electrons. The van der Waals surface area contributed by atoms with Crippen LogP contribution in [0, 0.1) is 20.8 Å². The van der Waals surface area contributed by atoms with E-state index in [2.05, 4.69) is 41.6 Å². The predicted octanol–water partition coefficient (Wildman–Crippen LogP) is 4.21. The Morgan fingerprint density at radius 3 is 2.24 bits per heavy atom. The van der Waals surface area contributed by atoms with Crippen molar-refractivity contribution in [3.05, 3.63) is 76.1 Å². The summed E-state index contributed by atoms with van der Waals surface area (Å²) >= 11 is 0. The predicted molar refractivity (Wildman–Crippen MR) is 129 cm³/mol. The number of rotatable bonds is 9. The van der Waals surface area contributed by atoms with Crippen molar-refractivity contribution in [1.82, 2.24) is 15.1 Å². The zero-order chi connectivity index (χ0) is 24.0. The van der Waals surface area contributed by atoms with Crippen molar-refractivity contribution in [3.63, 3.8) is 0 Å². The van der Waals surface area contributed by atoms with Crippen LogP contribution in [0.5, 0.6) is 17.2 Å². The highest BCUT2D eigenvalue weighted by molar-refractivity contribution is 5.92. The van der Waals surface area contributed by atoms with Gasteiger partial charge in [0.1, 0.15) is 5.75 Å². The number of methoxy groups -OCH3 is 3. The topological polar surface area (TPSA) is 74.6 Å². The summed E-state index contributed by atoms with van der Waals surface area (Å²) < 4.78 is 18.0. The number of nitrogens with one attached hydrogen (secondary N) is 1. The second kappa shape index (κ2) is 10.7. The van der Waals surface area contributed by atoms with E-state index in [-0.39, 0.29) is 12.5 Å². The van der Waals surface area contributed by atoms with Crippen LogP contribution in [0.15, 0.2) is 42.5 Å². The summed E-state index contributed by atoms with van der Waals surface area (Å²) in [6.45, 7) is 7.01.